The molecule has 5 heteroatoms. The van der Waals surface area contributed by atoms with Gasteiger partial charge < -0.3 is 10.1 Å². The molecule has 0 radical (unpaired) electrons. The van der Waals surface area contributed by atoms with Gasteiger partial charge in [-0.05, 0) is 13.3 Å². The van der Waals surface area contributed by atoms with Gasteiger partial charge in [0, 0.05) is 17.7 Å². The van der Waals surface area contributed by atoms with E-state index in [1.807, 2.05) is 6.92 Å². The number of Topliss-reactive ketones (excluding diaryl/α,β-unsaturated/α-hetero) is 1. The third-order valence-electron chi connectivity index (χ3n) is 3.33. The van der Waals surface area contributed by atoms with E-state index in [9.17, 15) is 14.4 Å². The minimum Gasteiger partial charge on any atom is -0.339 e. The number of carbonyl (C=O) groups excluding carboxylic acids is 3. The minimum absolute atomic E-state index is 0.177. The van der Waals surface area contributed by atoms with Gasteiger partial charge in [0.05, 0.1) is 0 Å². The van der Waals surface area contributed by atoms with Gasteiger partial charge >= 0.3 is 0 Å². The lowest BCUT2D eigenvalue weighted by atomic mass is 9.88. The number of carbonyl (C=O) groups is 3. The van der Waals surface area contributed by atoms with Crippen LogP contribution in [-0.2, 0) is 19.1 Å². The summed E-state index contributed by atoms with van der Waals surface area (Å²) in [5, 5.41) is 2.53. The second-order valence-electron chi connectivity index (χ2n) is 4.59. The fourth-order valence-electron chi connectivity index (χ4n) is 1.95. The maximum Gasteiger partial charge on any atom is 0.267 e. The molecule has 1 N–H and O–H groups in total. The van der Waals surface area contributed by atoms with Crippen molar-refractivity contribution in [3.05, 3.63) is 11.8 Å². The fraction of sp³-hybridized carbons (Fsp3) is 0.583. The summed E-state index contributed by atoms with van der Waals surface area (Å²) in [4.78, 5) is 35.5. The van der Waals surface area contributed by atoms with E-state index in [1.54, 1.807) is 13.8 Å². The summed E-state index contributed by atoms with van der Waals surface area (Å²) < 4.78 is 5.15. The normalized spacial score (nSPS) is 33.1. The smallest absolute Gasteiger partial charge is 0.267 e. The molecule has 0 aromatic rings. The maximum atomic E-state index is 11.9. The summed E-state index contributed by atoms with van der Waals surface area (Å²) in [5.74, 6) is -1.33. The monoisotopic (exact) mass is 237 g/mol. The van der Waals surface area contributed by atoms with E-state index in [0.717, 1.165) is 0 Å². The van der Waals surface area contributed by atoms with Gasteiger partial charge in [-0.3, -0.25) is 14.4 Å². The average Bonchev–Trinajstić information content (AvgIpc) is 3.01. The summed E-state index contributed by atoms with van der Waals surface area (Å²) in [6.07, 6.45) is 1.07. The van der Waals surface area contributed by atoms with E-state index in [4.69, 9.17) is 4.74 Å². The molecule has 0 unspecified atom stereocenters. The minimum atomic E-state index is -1.57. The second-order valence-corrected chi connectivity index (χ2v) is 4.59. The van der Waals surface area contributed by atoms with Crippen LogP contribution < -0.4 is 5.32 Å². The van der Waals surface area contributed by atoms with Gasteiger partial charge in [0.2, 0.25) is 11.4 Å². The number of hydrogen-bond donors (Lipinski definition) is 1. The predicted molar refractivity (Wildman–Crippen MR) is 59.0 cm³/mol. The average molecular weight is 237 g/mol. The molecular formula is C12H15NO4. The van der Waals surface area contributed by atoms with Crippen LogP contribution in [-0.4, -0.2) is 29.2 Å². The Morgan fingerprint density at radius 1 is 1.59 bits per heavy atom. The van der Waals surface area contributed by atoms with E-state index in [1.165, 1.54) is 6.08 Å². The van der Waals surface area contributed by atoms with E-state index >= 15 is 0 Å². The number of ketones is 2. The second kappa shape index (κ2) is 3.77. The number of rotatable bonds is 3. The highest BCUT2D eigenvalue weighted by Crippen LogP contribution is 2.42. The first-order valence-electron chi connectivity index (χ1n) is 5.69. The largest absolute Gasteiger partial charge is 0.339 e. The van der Waals surface area contributed by atoms with Crippen molar-refractivity contribution in [1.29, 1.82) is 0 Å². The van der Waals surface area contributed by atoms with Gasteiger partial charge in [0.25, 0.3) is 5.91 Å². The van der Waals surface area contributed by atoms with Crippen molar-refractivity contribution in [3.63, 3.8) is 0 Å². The zero-order valence-corrected chi connectivity index (χ0v) is 10.1. The van der Waals surface area contributed by atoms with Crippen LogP contribution in [0.4, 0.5) is 0 Å². The van der Waals surface area contributed by atoms with Crippen molar-refractivity contribution in [2.45, 2.75) is 38.9 Å². The van der Waals surface area contributed by atoms with E-state index in [-0.39, 0.29) is 11.7 Å². The Morgan fingerprint density at radius 2 is 2.24 bits per heavy atom. The molecule has 1 saturated heterocycles. The van der Waals surface area contributed by atoms with E-state index < -0.39 is 23.4 Å². The molecule has 0 bridgehead atoms. The zero-order valence-electron chi connectivity index (χ0n) is 10.1. The Balaban J connectivity index is 2.22. The Morgan fingerprint density at radius 3 is 2.76 bits per heavy atom. The van der Waals surface area contributed by atoms with Crippen LogP contribution in [0.5, 0.6) is 0 Å². The van der Waals surface area contributed by atoms with Gasteiger partial charge in [-0.25, -0.2) is 0 Å². The highest BCUT2D eigenvalue weighted by molar-refractivity contribution is 6.23. The lowest BCUT2D eigenvalue weighted by molar-refractivity contribution is -0.134. The predicted octanol–water partition coefficient (Wildman–Crippen LogP) is 0.342. The fourth-order valence-corrected chi connectivity index (χ4v) is 1.95. The van der Waals surface area contributed by atoms with Crippen LogP contribution in [0.1, 0.15) is 27.2 Å². The van der Waals surface area contributed by atoms with Crippen molar-refractivity contribution in [2.75, 3.05) is 0 Å². The summed E-state index contributed by atoms with van der Waals surface area (Å²) in [5.41, 5.74) is -1.09. The Hall–Kier alpha value is -1.49. The van der Waals surface area contributed by atoms with Crippen LogP contribution in [0.2, 0.25) is 0 Å². The molecular weight excluding hydrogens is 222 g/mol. The molecule has 5 nitrogen and oxygen atoms in total. The topological polar surface area (TPSA) is 75.8 Å². The van der Waals surface area contributed by atoms with Gasteiger partial charge in [0.1, 0.15) is 0 Å². The van der Waals surface area contributed by atoms with Crippen LogP contribution in [0, 0.1) is 5.92 Å². The molecule has 3 atom stereocenters. The number of epoxide rings is 1. The van der Waals surface area contributed by atoms with E-state index in [0.29, 0.717) is 12.1 Å². The Bertz CT molecular complexity index is 440. The summed E-state index contributed by atoms with van der Waals surface area (Å²) in [6, 6.07) is 0. The number of allylic oxidation sites excluding steroid dienone is 1. The van der Waals surface area contributed by atoms with E-state index in [2.05, 4.69) is 5.32 Å². The van der Waals surface area contributed by atoms with Crippen molar-refractivity contribution in [1.82, 2.24) is 5.32 Å². The van der Waals surface area contributed by atoms with Gasteiger partial charge in [0.15, 0.2) is 11.9 Å². The van der Waals surface area contributed by atoms with Crippen LogP contribution in [0.15, 0.2) is 11.8 Å². The molecule has 2 heterocycles. The third-order valence-corrected chi connectivity index (χ3v) is 3.33. The molecule has 2 rings (SSSR count). The number of amides is 1. The van der Waals surface area contributed by atoms with Crippen LogP contribution in [0.3, 0.4) is 0 Å². The van der Waals surface area contributed by atoms with Gasteiger partial charge in [-0.15, -0.1) is 0 Å². The first-order chi connectivity index (χ1) is 7.93. The first kappa shape index (κ1) is 12.0. The maximum absolute atomic E-state index is 11.9. The van der Waals surface area contributed by atoms with Gasteiger partial charge in [-0.1, -0.05) is 13.8 Å². The molecule has 17 heavy (non-hydrogen) atoms. The third kappa shape index (κ3) is 1.61. The van der Waals surface area contributed by atoms with Crippen LogP contribution in [0.25, 0.3) is 0 Å². The zero-order chi connectivity index (χ0) is 12.8. The molecule has 0 aromatic carbocycles. The van der Waals surface area contributed by atoms with Crippen LogP contribution >= 0.6 is 0 Å². The van der Waals surface area contributed by atoms with Crippen molar-refractivity contribution < 1.29 is 19.1 Å². The molecule has 1 amide bonds. The van der Waals surface area contributed by atoms with Gasteiger partial charge in [-0.2, -0.15) is 0 Å². The van der Waals surface area contributed by atoms with Crippen molar-refractivity contribution >= 4 is 17.5 Å². The molecule has 0 saturated carbocycles. The Kier molecular flexibility index (Phi) is 2.66. The highest BCUT2D eigenvalue weighted by atomic mass is 16.6. The molecule has 2 aliphatic rings. The Labute approximate surface area is 99.2 Å². The lowest BCUT2D eigenvalue weighted by Gasteiger charge is -2.16. The summed E-state index contributed by atoms with van der Waals surface area (Å²) in [7, 11) is 0. The number of hydrogen-bond acceptors (Lipinski definition) is 4. The SMILES string of the molecule is CC[C@@H](C)C(=O)[C@@H]1O[C@@]12C(=O)C=C(C)NC2=O. The molecule has 0 aliphatic carbocycles. The van der Waals surface area contributed by atoms with Crippen molar-refractivity contribution in [2.24, 2.45) is 5.92 Å². The molecule has 1 spiro atoms. The molecule has 92 valence electrons. The summed E-state index contributed by atoms with van der Waals surface area (Å²) in [6.45, 7) is 5.27. The molecule has 0 aromatic heterocycles. The molecule has 2 aliphatic heterocycles. The number of nitrogens with one attached hydrogen (secondary N) is 1. The first-order valence-corrected chi connectivity index (χ1v) is 5.69. The highest BCUT2D eigenvalue weighted by Gasteiger charge is 2.71. The standard InChI is InChI=1S/C12H15NO4/c1-4-6(2)9(15)10-12(17-10)8(14)5-7(3)13-11(12)16/h5-6,10H,4H2,1-3H3,(H,13,16)/t6-,10+,12+/m1/s1. The number of ether oxygens (including phenoxy) is 1. The quantitative estimate of drug-likeness (QED) is 0.567. The van der Waals surface area contributed by atoms with Crippen molar-refractivity contribution in [3.8, 4) is 0 Å². The molecule has 1 fully saturated rings. The lowest BCUT2D eigenvalue weighted by Crippen LogP contribution is -2.49. The summed E-state index contributed by atoms with van der Waals surface area (Å²) >= 11 is 0.